The number of nitrogens with one attached hydrogen (secondary N) is 1. The molecular weight excluding hydrogens is 455 g/mol. The van der Waals surface area contributed by atoms with E-state index >= 15 is 0 Å². The number of halogens is 1. The lowest BCUT2D eigenvalue weighted by atomic mass is 9.82. The number of benzene rings is 1. The summed E-state index contributed by atoms with van der Waals surface area (Å²) in [6.07, 6.45) is 0.467. The van der Waals surface area contributed by atoms with Crippen LogP contribution in [-0.2, 0) is 22.6 Å². The number of hydrogen-bond acceptors (Lipinski definition) is 5. The molecular formula is C26H33FN2O4S. The molecule has 2 heterocycles. The second kappa shape index (κ2) is 11.4. The van der Waals surface area contributed by atoms with Crippen molar-refractivity contribution in [3.63, 3.8) is 0 Å². The van der Waals surface area contributed by atoms with Crippen molar-refractivity contribution in [1.82, 2.24) is 10.2 Å². The summed E-state index contributed by atoms with van der Waals surface area (Å²) in [6, 6.07) is 12.0. The molecule has 2 amide bonds. The Hall–Kier alpha value is -2.29. The average Bonchev–Trinajstić information content (AvgIpc) is 3.52. The van der Waals surface area contributed by atoms with Crippen LogP contribution in [0.1, 0.15) is 54.5 Å². The first-order valence-electron chi connectivity index (χ1n) is 12.1. The van der Waals surface area contributed by atoms with Crippen molar-refractivity contribution in [2.75, 3.05) is 6.54 Å². The number of aliphatic hydroxyl groups is 2. The van der Waals surface area contributed by atoms with Gasteiger partial charge in [0.05, 0.1) is 6.54 Å². The zero-order valence-electron chi connectivity index (χ0n) is 19.2. The fourth-order valence-electron chi connectivity index (χ4n) is 5.19. The first-order chi connectivity index (χ1) is 16.4. The third kappa shape index (κ3) is 6.03. The van der Waals surface area contributed by atoms with Crippen LogP contribution < -0.4 is 5.32 Å². The van der Waals surface area contributed by atoms with Gasteiger partial charge in [0.1, 0.15) is 6.17 Å². The number of nitrogens with zero attached hydrogens (tertiary/aromatic N) is 1. The number of carbonyl (C=O) groups is 2. The Kier molecular flexibility index (Phi) is 8.34. The number of likely N-dealkylation sites (tertiary alicyclic amines) is 1. The summed E-state index contributed by atoms with van der Waals surface area (Å²) in [4.78, 5) is 27.9. The van der Waals surface area contributed by atoms with E-state index in [1.54, 1.807) is 4.90 Å². The standard InChI is InChI=1S/C26H33FN2O4S/c27-20-10-8-19(9-11-20)22-7-4-12-29(22)26(33)24(31)23(30)25(32)28-15-21-14-18(16-34-21)13-17-5-2-1-3-6-17/h1-3,5-6,14,16,19-20,22-24,30-31H,4,7-13,15H2,(H,28,32)/t19?,20?,22?,23-,24-/m1/s1. The minimum absolute atomic E-state index is 0.0564. The van der Waals surface area contributed by atoms with Crippen LogP contribution in [0.2, 0.25) is 0 Å². The third-order valence-electron chi connectivity index (χ3n) is 7.04. The number of aliphatic hydroxyl groups excluding tert-OH is 2. The highest BCUT2D eigenvalue weighted by molar-refractivity contribution is 7.10. The van der Waals surface area contributed by atoms with E-state index in [2.05, 4.69) is 17.4 Å². The minimum Gasteiger partial charge on any atom is -0.380 e. The maximum Gasteiger partial charge on any atom is 0.254 e. The molecule has 2 fully saturated rings. The van der Waals surface area contributed by atoms with Crippen molar-refractivity contribution in [2.24, 2.45) is 5.92 Å². The zero-order chi connectivity index (χ0) is 24.1. The van der Waals surface area contributed by atoms with E-state index in [4.69, 9.17) is 0 Å². The highest BCUT2D eigenvalue weighted by atomic mass is 32.1. The van der Waals surface area contributed by atoms with Crippen molar-refractivity contribution in [2.45, 2.75) is 75.9 Å². The van der Waals surface area contributed by atoms with Gasteiger partial charge >= 0.3 is 0 Å². The molecule has 3 N–H and O–H groups in total. The Bertz CT molecular complexity index is 961. The minimum atomic E-state index is -1.83. The molecule has 1 saturated heterocycles. The molecule has 1 aromatic heterocycles. The average molecular weight is 489 g/mol. The second-order valence-corrected chi connectivity index (χ2v) is 10.4. The van der Waals surface area contributed by atoms with Crippen LogP contribution in [-0.4, -0.2) is 57.9 Å². The second-order valence-electron chi connectivity index (χ2n) is 9.44. The predicted octanol–water partition coefficient (Wildman–Crippen LogP) is 3.20. The highest BCUT2D eigenvalue weighted by Gasteiger charge is 2.41. The molecule has 0 bridgehead atoms. The molecule has 2 aromatic rings. The van der Waals surface area contributed by atoms with Crippen LogP contribution in [0, 0.1) is 5.92 Å². The molecule has 2 aliphatic rings. The van der Waals surface area contributed by atoms with Gasteiger partial charge in [-0.15, -0.1) is 11.3 Å². The molecule has 1 aliphatic heterocycles. The topological polar surface area (TPSA) is 89.9 Å². The van der Waals surface area contributed by atoms with Gasteiger partial charge < -0.3 is 20.4 Å². The largest absolute Gasteiger partial charge is 0.380 e. The van der Waals surface area contributed by atoms with Crippen molar-refractivity contribution >= 4 is 23.2 Å². The van der Waals surface area contributed by atoms with Crippen molar-refractivity contribution in [3.8, 4) is 0 Å². The maximum absolute atomic E-state index is 13.5. The number of hydrogen-bond donors (Lipinski definition) is 3. The molecule has 1 aliphatic carbocycles. The van der Waals surface area contributed by atoms with Gasteiger partial charge in [-0.3, -0.25) is 9.59 Å². The van der Waals surface area contributed by atoms with Crippen molar-refractivity contribution < 1.29 is 24.2 Å². The molecule has 1 unspecified atom stereocenters. The van der Waals surface area contributed by atoms with Gasteiger partial charge in [0.15, 0.2) is 12.2 Å². The molecule has 34 heavy (non-hydrogen) atoms. The van der Waals surface area contributed by atoms with E-state index in [-0.39, 0.29) is 18.5 Å². The SMILES string of the molecule is O=C(NCc1cc(Cc2ccccc2)cs1)[C@H](O)[C@@H](O)C(=O)N1CCCC1C1CCC(F)CC1. The molecule has 8 heteroatoms. The molecule has 1 aromatic carbocycles. The van der Waals surface area contributed by atoms with Crippen LogP contribution in [0.3, 0.4) is 0 Å². The smallest absolute Gasteiger partial charge is 0.254 e. The summed E-state index contributed by atoms with van der Waals surface area (Å²) in [6.45, 7) is 0.707. The summed E-state index contributed by atoms with van der Waals surface area (Å²) >= 11 is 1.51. The van der Waals surface area contributed by atoms with E-state index in [1.165, 1.54) is 16.9 Å². The normalized spacial score (nSPS) is 24.6. The molecule has 3 atom stereocenters. The number of carbonyl (C=O) groups excluding carboxylic acids is 2. The summed E-state index contributed by atoms with van der Waals surface area (Å²) in [5, 5.41) is 25.5. The Balaban J connectivity index is 1.28. The molecule has 6 nitrogen and oxygen atoms in total. The summed E-state index contributed by atoms with van der Waals surface area (Å²) < 4.78 is 13.5. The molecule has 1 saturated carbocycles. The molecule has 184 valence electrons. The number of alkyl halides is 1. The number of thiophene rings is 1. The Morgan fingerprint density at radius 2 is 1.79 bits per heavy atom. The van der Waals surface area contributed by atoms with E-state index in [0.717, 1.165) is 42.5 Å². The Morgan fingerprint density at radius 1 is 1.06 bits per heavy atom. The van der Waals surface area contributed by atoms with Crippen molar-refractivity contribution in [1.29, 1.82) is 0 Å². The van der Waals surface area contributed by atoms with Crippen LogP contribution in [0.5, 0.6) is 0 Å². The fourth-order valence-corrected chi connectivity index (χ4v) is 6.02. The van der Waals surface area contributed by atoms with Gasteiger partial charge in [0.2, 0.25) is 0 Å². The lowest BCUT2D eigenvalue weighted by Crippen LogP contribution is -2.53. The first kappa shape index (κ1) is 24.8. The third-order valence-corrected chi connectivity index (χ3v) is 8.03. The van der Waals surface area contributed by atoms with E-state index in [0.29, 0.717) is 19.4 Å². The molecule has 0 radical (unpaired) electrons. The number of rotatable bonds is 8. The van der Waals surface area contributed by atoms with Gasteiger partial charge in [-0.1, -0.05) is 30.3 Å². The highest BCUT2D eigenvalue weighted by Crippen LogP contribution is 2.35. The Labute approximate surface area is 203 Å². The summed E-state index contributed by atoms with van der Waals surface area (Å²) in [5.74, 6) is -1.18. The van der Waals surface area contributed by atoms with Crippen molar-refractivity contribution in [3.05, 3.63) is 57.8 Å². The quantitative estimate of drug-likeness (QED) is 0.532. The van der Waals surface area contributed by atoms with Gasteiger partial charge in [0, 0.05) is 17.5 Å². The summed E-state index contributed by atoms with van der Waals surface area (Å²) in [5.41, 5.74) is 2.34. The van der Waals surface area contributed by atoms with Crippen LogP contribution >= 0.6 is 11.3 Å². The van der Waals surface area contributed by atoms with E-state index < -0.39 is 30.2 Å². The fraction of sp³-hybridized carbons (Fsp3) is 0.538. The predicted molar refractivity (Wildman–Crippen MR) is 129 cm³/mol. The lowest BCUT2D eigenvalue weighted by Gasteiger charge is -2.36. The van der Waals surface area contributed by atoms with Crippen LogP contribution in [0.25, 0.3) is 0 Å². The maximum atomic E-state index is 13.5. The van der Waals surface area contributed by atoms with Gasteiger partial charge in [0.25, 0.3) is 11.8 Å². The monoisotopic (exact) mass is 488 g/mol. The molecule has 0 spiro atoms. The van der Waals surface area contributed by atoms with Crippen LogP contribution in [0.15, 0.2) is 41.8 Å². The first-order valence-corrected chi connectivity index (χ1v) is 13.0. The van der Waals surface area contributed by atoms with Gasteiger partial charge in [-0.2, -0.15) is 0 Å². The Morgan fingerprint density at radius 3 is 2.53 bits per heavy atom. The van der Waals surface area contributed by atoms with Gasteiger partial charge in [-0.25, -0.2) is 4.39 Å². The lowest BCUT2D eigenvalue weighted by molar-refractivity contribution is -0.154. The zero-order valence-corrected chi connectivity index (χ0v) is 20.1. The van der Waals surface area contributed by atoms with Gasteiger partial charge in [-0.05, 0) is 73.4 Å². The van der Waals surface area contributed by atoms with E-state index in [1.807, 2.05) is 29.6 Å². The number of amides is 2. The summed E-state index contributed by atoms with van der Waals surface area (Å²) in [7, 11) is 0. The van der Waals surface area contributed by atoms with E-state index in [9.17, 15) is 24.2 Å². The molecule has 4 rings (SSSR count). The van der Waals surface area contributed by atoms with Crippen LogP contribution in [0.4, 0.5) is 4.39 Å².